The molecule has 6 nitrogen and oxygen atoms in total. The van der Waals surface area contributed by atoms with Crippen LogP contribution in [0.4, 0.5) is 11.4 Å². The molecule has 0 unspecified atom stereocenters. The quantitative estimate of drug-likeness (QED) is 0.688. The lowest BCUT2D eigenvalue weighted by atomic mass is 10.3. The Bertz CT molecular complexity index is 816. The second-order valence-electron chi connectivity index (χ2n) is 5.54. The Labute approximate surface area is 167 Å². The molecule has 2 aromatic carbocycles. The Hall–Kier alpha value is -2.38. The highest BCUT2D eigenvalue weighted by Gasteiger charge is 2.16. The van der Waals surface area contributed by atoms with Crippen LogP contribution in [0, 0.1) is 0 Å². The standard InChI is InChI=1S/C19H21ClN2O4S/c1-12(19(24)21-13-8-9-16(25-2)14(20)10-13)27-11-18(23)22-15-6-4-5-7-17(15)26-3/h4-10,12H,11H2,1-3H3,(H,21,24)(H,22,23)/t12-/m0/s1. The van der Waals surface area contributed by atoms with Crippen LogP contribution in [-0.4, -0.2) is 37.0 Å². The van der Waals surface area contributed by atoms with Crippen molar-refractivity contribution in [2.45, 2.75) is 12.2 Å². The van der Waals surface area contributed by atoms with E-state index in [0.29, 0.717) is 27.9 Å². The Morgan fingerprint density at radius 2 is 1.78 bits per heavy atom. The number of hydrogen-bond donors (Lipinski definition) is 2. The van der Waals surface area contributed by atoms with Crippen molar-refractivity contribution in [2.24, 2.45) is 0 Å². The van der Waals surface area contributed by atoms with Gasteiger partial charge in [0, 0.05) is 5.69 Å². The first kappa shape index (κ1) is 20.9. The Kier molecular flexibility index (Phi) is 7.82. The van der Waals surface area contributed by atoms with Crippen molar-refractivity contribution in [3.8, 4) is 11.5 Å². The van der Waals surface area contributed by atoms with Crippen molar-refractivity contribution in [3.63, 3.8) is 0 Å². The highest BCUT2D eigenvalue weighted by molar-refractivity contribution is 8.01. The maximum absolute atomic E-state index is 12.3. The molecule has 0 radical (unpaired) electrons. The molecule has 0 saturated carbocycles. The minimum Gasteiger partial charge on any atom is -0.495 e. The fourth-order valence-corrected chi connectivity index (χ4v) is 3.14. The van der Waals surface area contributed by atoms with E-state index in [4.69, 9.17) is 21.1 Å². The summed E-state index contributed by atoms with van der Waals surface area (Å²) in [6.45, 7) is 1.74. The molecule has 8 heteroatoms. The smallest absolute Gasteiger partial charge is 0.237 e. The largest absolute Gasteiger partial charge is 0.495 e. The molecule has 2 N–H and O–H groups in total. The zero-order chi connectivity index (χ0) is 19.8. The summed E-state index contributed by atoms with van der Waals surface area (Å²) in [4.78, 5) is 24.4. The van der Waals surface area contributed by atoms with Crippen LogP contribution in [0.1, 0.15) is 6.92 Å². The van der Waals surface area contributed by atoms with Crippen LogP contribution < -0.4 is 20.1 Å². The normalized spacial score (nSPS) is 11.4. The SMILES string of the molecule is COc1ccc(NC(=O)[C@H](C)SCC(=O)Nc2ccccc2OC)cc1Cl. The number of para-hydroxylation sites is 2. The topological polar surface area (TPSA) is 76.7 Å². The maximum Gasteiger partial charge on any atom is 0.237 e. The third-order valence-electron chi connectivity index (χ3n) is 3.63. The average Bonchev–Trinajstić information content (AvgIpc) is 2.66. The van der Waals surface area contributed by atoms with Crippen LogP contribution in [0.3, 0.4) is 0 Å². The van der Waals surface area contributed by atoms with Crippen LogP contribution in [0.5, 0.6) is 11.5 Å². The number of carbonyl (C=O) groups is 2. The molecule has 2 aromatic rings. The average molecular weight is 409 g/mol. The van der Waals surface area contributed by atoms with Gasteiger partial charge in [-0.25, -0.2) is 0 Å². The molecule has 0 aliphatic heterocycles. The fraction of sp³-hybridized carbons (Fsp3) is 0.263. The van der Waals surface area contributed by atoms with E-state index in [1.165, 1.54) is 26.0 Å². The molecule has 0 fully saturated rings. The van der Waals surface area contributed by atoms with Crippen molar-refractivity contribution in [1.82, 2.24) is 0 Å². The molecule has 2 amide bonds. The van der Waals surface area contributed by atoms with Gasteiger partial charge in [0.05, 0.1) is 35.9 Å². The van der Waals surface area contributed by atoms with E-state index in [-0.39, 0.29) is 17.6 Å². The summed E-state index contributed by atoms with van der Waals surface area (Å²) < 4.78 is 10.3. The highest BCUT2D eigenvalue weighted by Crippen LogP contribution is 2.28. The first-order valence-electron chi connectivity index (χ1n) is 8.13. The predicted molar refractivity (Wildman–Crippen MR) is 110 cm³/mol. The van der Waals surface area contributed by atoms with Gasteiger partial charge in [-0.05, 0) is 37.3 Å². The number of nitrogens with one attached hydrogen (secondary N) is 2. The molecular formula is C19H21ClN2O4S. The van der Waals surface area contributed by atoms with Gasteiger partial charge < -0.3 is 20.1 Å². The molecule has 27 heavy (non-hydrogen) atoms. The summed E-state index contributed by atoms with van der Waals surface area (Å²) in [6.07, 6.45) is 0. The lowest BCUT2D eigenvalue weighted by molar-refractivity contribution is -0.115. The Morgan fingerprint density at radius 1 is 1.07 bits per heavy atom. The van der Waals surface area contributed by atoms with E-state index >= 15 is 0 Å². The molecule has 0 aliphatic rings. The monoisotopic (exact) mass is 408 g/mol. The van der Waals surface area contributed by atoms with E-state index in [0.717, 1.165) is 0 Å². The minimum absolute atomic E-state index is 0.135. The first-order valence-corrected chi connectivity index (χ1v) is 9.56. The minimum atomic E-state index is -0.422. The molecule has 0 saturated heterocycles. The van der Waals surface area contributed by atoms with Crippen molar-refractivity contribution < 1.29 is 19.1 Å². The summed E-state index contributed by atoms with van der Waals surface area (Å²) in [7, 11) is 3.06. The lowest BCUT2D eigenvalue weighted by Crippen LogP contribution is -2.25. The lowest BCUT2D eigenvalue weighted by Gasteiger charge is -2.13. The highest BCUT2D eigenvalue weighted by atomic mass is 35.5. The Balaban J connectivity index is 1.85. The summed E-state index contributed by atoms with van der Waals surface area (Å²) in [5.74, 6) is 0.821. The van der Waals surface area contributed by atoms with Gasteiger partial charge in [0.1, 0.15) is 11.5 Å². The van der Waals surface area contributed by atoms with Gasteiger partial charge in [-0.3, -0.25) is 9.59 Å². The molecule has 1 atom stereocenters. The second-order valence-corrected chi connectivity index (χ2v) is 7.28. The molecular weight excluding hydrogens is 388 g/mol. The zero-order valence-corrected chi connectivity index (χ0v) is 16.8. The van der Waals surface area contributed by atoms with Crippen molar-refractivity contribution in [3.05, 3.63) is 47.5 Å². The molecule has 0 aliphatic carbocycles. The number of halogens is 1. The third kappa shape index (κ3) is 6.08. The van der Waals surface area contributed by atoms with Crippen LogP contribution in [0.25, 0.3) is 0 Å². The molecule has 144 valence electrons. The number of hydrogen-bond acceptors (Lipinski definition) is 5. The number of benzene rings is 2. The summed E-state index contributed by atoms with van der Waals surface area (Å²) in [5.41, 5.74) is 1.16. The maximum atomic E-state index is 12.3. The second kappa shape index (κ2) is 10.1. The fourth-order valence-electron chi connectivity index (χ4n) is 2.20. The van der Waals surface area contributed by atoms with Gasteiger partial charge >= 0.3 is 0 Å². The molecule has 0 aromatic heterocycles. The van der Waals surface area contributed by atoms with Gasteiger partial charge in [-0.2, -0.15) is 0 Å². The van der Waals surface area contributed by atoms with Crippen LogP contribution in [0.2, 0.25) is 5.02 Å². The third-order valence-corrected chi connectivity index (χ3v) is 5.07. The number of amides is 2. The summed E-state index contributed by atoms with van der Waals surface area (Å²) in [5, 5.41) is 5.54. The number of thioether (sulfide) groups is 1. The van der Waals surface area contributed by atoms with E-state index < -0.39 is 5.25 Å². The first-order chi connectivity index (χ1) is 12.9. The number of carbonyl (C=O) groups excluding carboxylic acids is 2. The van der Waals surface area contributed by atoms with Crippen molar-refractivity contribution >= 4 is 46.6 Å². The summed E-state index contributed by atoms with van der Waals surface area (Å²) >= 11 is 7.29. The molecule has 0 spiro atoms. The van der Waals surface area contributed by atoms with E-state index in [1.54, 1.807) is 43.3 Å². The Morgan fingerprint density at radius 3 is 2.44 bits per heavy atom. The van der Waals surface area contributed by atoms with Crippen LogP contribution in [0.15, 0.2) is 42.5 Å². The van der Waals surface area contributed by atoms with Gasteiger partial charge in [0.2, 0.25) is 11.8 Å². The van der Waals surface area contributed by atoms with E-state index in [9.17, 15) is 9.59 Å². The number of methoxy groups -OCH3 is 2. The number of rotatable bonds is 8. The van der Waals surface area contributed by atoms with E-state index in [1.807, 2.05) is 6.07 Å². The molecule has 0 heterocycles. The van der Waals surface area contributed by atoms with Crippen molar-refractivity contribution in [1.29, 1.82) is 0 Å². The van der Waals surface area contributed by atoms with Gasteiger partial charge in [-0.15, -0.1) is 11.8 Å². The number of anilines is 2. The van der Waals surface area contributed by atoms with Gasteiger partial charge in [0.15, 0.2) is 0 Å². The summed E-state index contributed by atoms with van der Waals surface area (Å²) in [6, 6.07) is 12.1. The molecule has 0 bridgehead atoms. The van der Waals surface area contributed by atoms with Crippen LogP contribution in [-0.2, 0) is 9.59 Å². The molecule has 2 rings (SSSR count). The van der Waals surface area contributed by atoms with Crippen molar-refractivity contribution in [2.75, 3.05) is 30.6 Å². The number of ether oxygens (including phenoxy) is 2. The van der Waals surface area contributed by atoms with Crippen LogP contribution >= 0.6 is 23.4 Å². The van der Waals surface area contributed by atoms with Gasteiger partial charge in [-0.1, -0.05) is 23.7 Å². The zero-order valence-electron chi connectivity index (χ0n) is 15.2. The predicted octanol–water partition coefficient (Wildman–Crippen LogP) is 4.06. The van der Waals surface area contributed by atoms with Gasteiger partial charge in [0.25, 0.3) is 0 Å². The van der Waals surface area contributed by atoms with E-state index in [2.05, 4.69) is 10.6 Å².